The number of carbonyl (C=O) groups is 2. The van der Waals surface area contributed by atoms with Gasteiger partial charge in [-0.05, 0) is 53.9 Å². The molecule has 0 spiro atoms. The first-order chi connectivity index (χ1) is 13.5. The van der Waals surface area contributed by atoms with Crippen LogP contribution in [0.1, 0.15) is 36.4 Å². The van der Waals surface area contributed by atoms with Crippen LogP contribution in [0.4, 0.5) is 0 Å². The number of aliphatic carboxylic acids is 1. The highest BCUT2D eigenvalue weighted by Crippen LogP contribution is 2.34. The molecule has 146 valence electrons. The normalized spacial score (nSPS) is 15.9. The number of hydrogen-bond donors (Lipinski definition) is 0. The maximum atomic E-state index is 12.6. The Morgan fingerprint density at radius 2 is 1.57 bits per heavy atom. The number of hydrogen-bond acceptors (Lipinski definition) is 6. The molecule has 1 aliphatic rings. The van der Waals surface area contributed by atoms with Crippen molar-refractivity contribution in [1.29, 1.82) is 0 Å². The zero-order valence-corrected chi connectivity index (χ0v) is 15.8. The van der Waals surface area contributed by atoms with Crippen LogP contribution in [-0.2, 0) is 9.59 Å². The molecule has 1 atom stereocenters. The lowest BCUT2D eigenvalue weighted by Gasteiger charge is -2.22. The van der Waals surface area contributed by atoms with Crippen LogP contribution in [0.3, 0.4) is 0 Å². The van der Waals surface area contributed by atoms with E-state index in [0.29, 0.717) is 12.2 Å². The highest BCUT2D eigenvalue weighted by atomic mass is 16.5. The maximum Gasteiger partial charge on any atom is 0.243 e. The fourth-order valence-electron chi connectivity index (χ4n) is 3.11. The molecule has 0 bridgehead atoms. The number of nitrogens with zero attached hydrogens (tertiary/aromatic N) is 2. The number of methoxy groups -OCH3 is 2. The lowest BCUT2D eigenvalue weighted by molar-refractivity contribution is -0.305. The maximum absolute atomic E-state index is 12.6. The van der Waals surface area contributed by atoms with Gasteiger partial charge < -0.3 is 19.4 Å². The third-order valence-corrected chi connectivity index (χ3v) is 4.63. The number of ether oxygens (including phenoxy) is 2. The van der Waals surface area contributed by atoms with Gasteiger partial charge in [-0.1, -0.05) is 12.1 Å². The summed E-state index contributed by atoms with van der Waals surface area (Å²) in [6, 6.07) is 14.5. The molecule has 1 aliphatic heterocycles. The summed E-state index contributed by atoms with van der Waals surface area (Å²) < 4.78 is 10.4. The van der Waals surface area contributed by atoms with Gasteiger partial charge >= 0.3 is 0 Å². The van der Waals surface area contributed by atoms with E-state index in [9.17, 15) is 14.7 Å². The monoisotopic (exact) mass is 381 g/mol. The van der Waals surface area contributed by atoms with E-state index in [1.165, 1.54) is 5.01 Å². The summed E-state index contributed by atoms with van der Waals surface area (Å²) in [6.45, 7) is 0. The van der Waals surface area contributed by atoms with Gasteiger partial charge in [0, 0.05) is 18.8 Å². The van der Waals surface area contributed by atoms with Crippen LogP contribution < -0.4 is 14.6 Å². The van der Waals surface area contributed by atoms with Gasteiger partial charge in [-0.25, -0.2) is 5.01 Å². The van der Waals surface area contributed by atoms with Gasteiger partial charge in [-0.2, -0.15) is 5.10 Å². The van der Waals surface area contributed by atoms with Gasteiger partial charge in [0.15, 0.2) is 0 Å². The molecule has 0 aliphatic carbocycles. The van der Waals surface area contributed by atoms with Crippen molar-refractivity contribution in [2.24, 2.45) is 5.10 Å². The topological polar surface area (TPSA) is 91.3 Å². The second-order valence-corrected chi connectivity index (χ2v) is 6.38. The van der Waals surface area contributed by atoms with Crippen LogP contribution in [0.2, 0.25) is 0 Å². The molecule has 0 fully saturated rings. The fraction of sp³-hybridized carbons (Fsp3) is 0.286. The molecule has 1 amide bonds. The SMILES string of the molecule is COc1ccc(C2=NN(C(=O)CCC(=O)[O-])[C@@H](c3ccc(OC)cc3)C2)cc1. The Bertz CT molecular complexity index is 875. The summed E-state index contributed by atoms with van der Waals surface area (Å²) in [6.07, 6.45) is 0.0299. The molecule has 0 unspecified atom stereocenters. The second-order valence-electron chi connectivity index (χ2n) is 6.38. The molecule has 3 rings (SSSR count). The number of amides is 1. The van der Waals surface area contributed by atoms with Crippen molar-refractivity contribution >= 4 is 17.6 Å². The Kier molecular flexibility index (Phi) is 5.93. The Morgan fingerprint density at radius 3 is 2.11 bits per heavy atom. The molecule has 0 saturated carbocycles. The van der Waals surface area contributed by atoms with Crippen molar-refractivity contribution in [2.75, 3.05) is 14.2 Å². The lowest BCUT2D eigenvalue weighted by atomic mass is 9.98. The highest BCUT2D eigenvalue weighted by Gasteiger charge is 2.32. The summed E-state index contributed by atoms with van der Waals surface area (Å²) >= 11 is 0. The number of carboxylic acid groups (broad SMARTS) is 1. The van der Waals surface area contributed by atoms with Crippen molar-refractivity contribution in [3.05, 3.63) is 59.7 Å². The lowest BCUT2D eigenvalue weighted by Crippen LogP contribution is -2.29. The van der Waals surface area contributed by atoms with Gasteiger partial charge in [-0.3, -0.25) is 4.79 Å². The van der Waals surface area contributed by atoms with Crippen LogP contribution >= 0.6 is 0 Å². The van der Waals surface area contributed by atoms with Crippen molar-refractivity contribution in [3.8, 4) is 11.5 Å². The minimum atomic E-state index is -1.26. The van der Waals surface area contributed by atoms with Crippen molar-refractivity contribution < 1.29 is 24.2 Å². The summed E-state index contributed by atoms with van der Waals surface area (Å²) in [4.78, 5) is 23.4. The van der Waals surface area contributed by atoms with E-state index in [1.807, 2.05) is 48.5 Å². The van der Waals surface area contributed by atoms with Gasteiger partial charge in [0.25, 0.3) is 0 Å². The van der Waals surface area contributed by atoms with Gasteiger partial charge in [0.05, 0.1) is 26.0 Å². The molecule has 2 aromatic rings. The zero-order valence-electron chi connectivity index (χ0n) is 15.8. The molecule has 0 radical (unpaired) electrons. The molecule has 28 heavy (non-hydrogen) atoms. The van der Waals surface area contributed by atoms with E-state index in [1.54, 1.807) is 14.2 Å². The number of hydrazone groups is 1. The van der Waals surface area contributed by atoms with Gasteiger partial charge in [0.2, 0.25) is 5.91 Å². The number of rotatable bonds is 7. The van der Waals surface area contributed by atoms with Crippen molar-refractivity contribution in [3.63, 3.8) is 0 Å². The molecule has 7 nitrogen and oxygen atoms in total. The minimum Gasteiger partial charge on any atom is -0.550 e. The summed E-state index contributed by atoms with van der Waals surface area (Å²) in [5.41, 5.74) is 2.54. The van der Waals surface area contributed by atoms with Crippen molar-refractivity contribution in [2.45, 2.75) is 25.3 Å². The third-order valence-electron chi connectivity index (χ3n) is 4.63. The van der Waals surface area contributed by atoms with Crippen molar-refractivity contribution in [1.82, 2.24) is 5.01 Å². The van der Waals surface area contributed by atoms with Crippen LogP contribution in [0.5, 0.6) is 11.5 Å². The Morgan fingerprint density at radius 1 is 1.00 bits per heavy atom. The molecular weight excluding hydrogens is 360 g/mol. The Hall–Kier alpha value is -3.35. The summed E-state index contributed by atoms with van der Waals surface area (Å²) in [5.74, 6) is -0.162. The van der Waals surface area contributed by atoms with E-state index in [-0.39, 0.29) is 24.8 Å². The summed E-state index contributed by atoms with van der Waals surface area (Å²) in [5, 5.41) is 16.6. The smallest absolute Gasteiger partial charge is 0.243 e. The molecule has 2 aromatic carbocycles. The minimum absolute atomic E-state index is 0.158. The number of benzene rings is 2. The largest absolute Gasteiger partial charge is 0.550 e. The number of carboxylic acids is 1. The molecule has 0 N–H and O–H groups in total. The molecule has 0 aromatic heterocycles. The average Bonchev–Trinajstić information content (AvgIpc) is 3.17. The van der Waals surface area contributed by atoms with E-state index in [2.05, 4.69) is 5.10 Å². The standard InChI is InChI=1S/C21H22N2O5/c1-27-16-7-3-14(4-8-16)18-13-19(15-5-9-17(28-2)10-6-15)23(22-18)20(24)11-12-21(25)26/h3-10,19H,11-13H2,1-2H3,(H,25,26)/p-1/t19-/m1/s1. The second kappa shape index (κ2) is 8.56. The van der Waals surface area contributed by atoms with Gasteiger partial charge in [0.1, 0.15) is 11.5 Å². The van der Waals surface area contributed by atoms with Gasteiger partial charge in [-0.15, -0.1) is 0 Å². The summed E-state index contributed by atoms with van der Waals surface area (Å²) in [7, 11) is 3.19. The van der Waals surface area contributed by atoms with E-state index in [0.717, 1.165) is 22.6 Å². The first-order valence-corrected chi connectivity index (χ1v) is 8.89. The Labute approximate surface area is 163 Å². The zero-order chi connectivity index (χ0) is 20.1. The highest BCUT2D eigenvalue weighted by molar-refractivity contribution is 6.03. The average molecular weight is 381 g/mol. The van der Waals surface area contributed by atoms with E-state index < -0.39 is 5.97 Å². The molecular formula is C21H21N2O5-. The van der Waals surface area contributed by atoms with Crippen LogP contribution in [-0.4, -0.2) is 36.8 Å². The predicted octanol–water partition coefficient (Wildman–Crippen LogP) is 1.91. The molecule has 1 heterocycles. The van der Waals surface area contributed by atoms with E-state index in [4.69, 9.17) is 9.47 Å². The first kappa shape index (κ1) is 19.4. The van der Waals surface area contributed by atoms with Crippen LogP contribution in [0, 0.1) is 0 Å². The molecule has 7 heteroatoms. The first-order valence-electron chi connectivity index (χ1n) is 8.89. The van der Waals surface area contributed by atoms with E-state index >= 15 is 0 Å². The quantitative estimate of drug-likeness (QED) is 0.731. The Balaban J connectivity index is 1.88. The fourth-order valence-corrected chi connectivity index (χ4v) is 3.11. The predicted molar refractivity (Wildman–Crippen MR) is 101 cm³/mol. The van der Waals surface area contributed by atoms with Crippen LogP contribution in [0.15, 0.2) is 53.6 Å². The number of carbonyl (C=O) groups excluding carboxylic acids is 2. The van der Waals surface area contributed by atoms with Crippen LogP contribution in [0.25, 0.3) is 0 Å². The molecule has 0 saturated heterocycles. The third kappa shape index (κ3) is 4.31.